The Bertz CT molecular complexity index is 529. The van der Waals surface area contributed by atoms with Crippen LogP contribution in [0.1, 0.15) is 59.3 Å². The number of amides is 2. The van der Waals surface area contributed by atoms with Crippen LogP contribution >= 0.6 is 0 Å². The lowest BCUT2D eigenvalue weighted by Crippen LogP contribution is -2.51. The van der Waals surface area contributed by atoms with Crippen molar-refractivity contribution in [3.05, 3.63) is 0 Å². The van der Waals surface area contributed by atoms with Crippen LogP contribution < -0.4 is 0 Å². The van der Waals surface area contributed by atoms with Crippen LogP contribution in [0.5, 0.6) is 0 Å². The standard InChI is InChI=1S/C18H28N2O4/c1-12(2)17(23)14-6-4-11-20(14)18(24)15-7-5-10-19(15)16(22)9-8-13(3)21/h12,14-15H,4-11H2,1-3H3/t14-,15-/m0/s1. The van der Waals surface area contributed by atoms with Gasteiger partial charge >= 0.3 is 0 Å². The fourth-order valence-electron chi connectivity index (χ4n) is 3.65. The molecule has 2 heterocycles. The van der Waals surface area contributed by atoms with Gasteiger partial charge in [0.1, 0.15) is 11.8 Å². The van der Waals surface area contributed by atoms with Gasteiger partial charge in [-0.1, -0.05) is 13.8 Å². The molecule has 2 aliphatic heterocycles. The van der Waals surface area contributed by atoms with Gasteiger partial charge in [-0.2, -0.15) is 0 Å². The number of hydrogen-bond acceptors (Lipinski definition) is 4. The van der Waals surface area contributed by atoms with Crippen molar-refractivity contribution in [2.24, 2.45) is 5.92 Å². The third-order valence-corrected chi connectivity index (χ3v) is 4.98. The second kappa shape index (κ2) is 7.90. The number of Topliss-reactive ketones (excluding diaryl/α,β-unsaturated/α-hetero) is 2. The molecule has 0 aromatic rings. The molecule has 0 aliphatic carbocycles. The van der Waals surface area contributed by atoms with E-state index in [1.165, 1.54) is 6.92 Å². The van der Waals surface area contributed by atoms with Crippen molar-refractivity contribution in [3.8, 4) is 0 Å². The average Bonchev–Trinajstić information content (AvgIpc) is 3.19. The van der Waals surface area contributed by atoms with Crippen LogP contribution in [0.4, 0.5) is 0 Å². The molecule has 2 aliphatic rings. The van der Waals surface area contributed by atoms with Gasteiger partial charge in [0.25, 0.3) is 0 Å². The number of ketones is 2. The van der Waals surface area contributed by atoms with Crippen molar-refractivity contribution < 1.29 is 19.2 Å². The Morgan fingerprint density at radius 3 is 2.08 bits per heavy atom. The van der Waals surface area contributed by atoms with Crippen LogP contribution in [0, 0.1) is 5.92 Å². The van der Waals surface area contributed by atoms with Gasteiger partial charge < -0.3 is 14.6 Å². The van der Waals surface area contributed by atoms with Crippen LogP contribution in [-0.2, 0) is 19.2 Å². The molecule has 0 saturated carbocycles. The molecule has 0 unspecified atom stereocenters. The summed E-state index contributed by atoms with van der Waals surface area (Å²) in [6.07, 6.45) is 3.36. The summed E-state index contributed by atoms with van der Waals surface area (Å²) in [6, 6.07) is -0.808. The van der Waals surface area contributed by atoms with Gasteiger partial charge in [-0.25, -0.2) is 0 Å². The molecule has 0 N–H and O–H groups in total. The van der Waals surface area contributed by atoms with Crippen molar-refractivity contribution in [1.29, 1.82) is 0 Å². The Morgan fingerprint density at radius 2 is 1.50 bits per heavy atom. The maximum Gasteiger partial charge on any atom is 0.245 e. The number of carbonyl (C=O) groups is 4. The van der Waals surface area contributed by atoms with Crippen molar-refractivity contribution >= 4 is 23.4 Å². The van der Waals surface area contributed by atoms with E-state index in [1.54, 1.807) is 9.80 Å². The number of nitrogens with zero attached hydrogens (tertiary/aromatic N) is 2. The van der Waals surface area contributed by atoms with E-state index in [4.69, 9.17) is 0 Å². The van der Waals surface area contributed by atoms with E-state index in [-0.39, 0.29) is 48.2 Å². The molecule has 0 aromatic carbocycles. The van der Waals surface area contributed by atoms with Crippen LogP contribution in [0.2, 0.25) is 0 Å². The van der Waals surface area contributed by atoms with Crippen molar-refractivity contribution in [3.63, 3.8) is 0 Å². The first-order valence-electron chi connectivity index (χ1n) is 8.96. The SMILES string of the molecule is CC(=O)CCC(=O)N1CCC[C@H]1C(=O)N1CCC[C@H]1C(=O)C(C)C. The molecule has 0 aromatic heterocycles. The molecule has 2 atom stereocenters. The van der Waals surface area contributed by atoms with E-state index in [2.05, 4.69) is 0 Å². The molecule has 6 heteroatoms. The van der Waals surface area contributed by atoms with Gasteiger partial charge in [0.15, 0.2) is 5.78 Å². The largest absolute Gasteiger partial charge is 0.331 e. The van der Waals surface area contributed by atoms with Crippen LogP contribution in [0.3, 0.4) is 0 Å². The van der Waals surface area contributed by atoms with Gasteiger partial charge in [-0.3, -0.25) is 14.4 Å². The molecular formula is C18H28N2O4. The van der Waals surface area contributed by atoms with E-state index in [1.807, 2.05) is 13.8 Å². The summed E-state index contributed by atoms with van der Waals surface area (Å²) in [7, 11) is 0. The molecule has 2 fully saturated rings. The lowest BCUT2D eigenvalue weighted by atomic mass is 9.99. The Balaban J connectivity index is 2.05. The Labute approximate surface area is 143 Å². The topological polar surface area (TPSA) is 74.8 Å². The minimum Gasteiger partial charge on any atom is -0.331 e. The fourth-order valence-corrected chi connectivity index (χ4v) is 3.65. The van der Waals surface area contributed by atoms with E-state index in [9.17, 15) is 19.2 Å². The van der Waals surface area contributed by atoms with E-state index in [0.29, 0.717) is 25.9 Å². The predicted octanol–water partition coefficient (Wildman–Crippen LogP) is 1.56. The Morgan fingerprint density at radius 1 is 0.917 bits per heavy atom. The highest BCUT2D eigenvalue weighted by Gasteiger charge is 2.42. The first-order chi connectivity index (χ1) is 11.3. The second-order valence-electron chi connectivity index (χ2n) is 7.19. The maximum absolute atomic E-state index is 13.0. The zero-order valence-corrected chi connectivity index (χ0v) is 14.9. The van der Waals surface area contributed by atoms with E-state index in [0.717, 1.165) is 12.8 Å². The van der Waals surface area contributed by atoms with Crippen LogP contribution in [0.25, 0.3) is 0 Å². The first-order valence-corrected chi connectivity index (χ1v) is 8.96. The molecule has 2 amide bonds. The second-order valence-corrected chi connectivity index (χ2v) is 7.19. The molecule has 2 rings (SSSR count). The highest BCUT2D eigenvalue weighted by atomic mass is 16.2. The smallest absolute Gasteiger partial charge is 0.245 e. The average molecular weight is 336 g/mol. The number of likely N-dealkylation sites (tertiary alicyclic amines) is 2. The predicted molar refractivity (Wildman–Crippen MR) is 89.2 cm³/mol. The lowest BCUT2D eigenvalue weighted by Gasteiger charge is -2.31. The quantitative estimate of drug-likeness (QED) is 0.738. The molecule has 0 spiro atoms. The van der Waals surface area contributed by atoms with Crippen molar-refractivity contribution in [1.82, 2.24) is 9.80 Å². The van der Waals surface area contributed by atoms with Gasteiger partial charge in [0, 0.05) is 31.8 Å². The molecule has 134 valence electrons. The number of hydrogen-bond donors (Lipinski definition) is 0. The van der Waals surface area contributed by atoms with Gasteiger partial charge in [-0.05, 0) is 32.6 Å². The minimum absolute atomic E-state index is 0.0208. The zero-order valence-electron chi connectivity index (χ0n) is 14.9. The van der Waals surface area contributed by atoms with Gasteiger partial charge in [0.05, 0.1) is 6.04 Å². The summed E-state index contributed by atoms with van der Waals surface area (Å²) in [5.74, 6) is -0.242. The van der Waals surface area contributed by atoms with Crippen molar-refractivity contribution in [2.45, 2.75) is 71.4 Å². The summed E-state index contributed by atoms with van der Waals surface area (Å²) in [6.45, 7) is 6.33. The lowest BCUT2D eigenvalue weighted by molar-refractivity contribution is -0.147. The third kappa shape index (κ3) is 4.02. The Kier molecular flexibility index (Phi) is 6.13. The first kappa shape index (κ1) is 18.6. The molecule has 0 radical (unpaired) electrons. The molecule has 0 bridgehead atoms. The zero-order chi connectivity index (χ0) is 17.9. The molecule has 24 heavy (non-hydrogen) atoms. The van der Waals surface area contributed by atoms with Gasteiger partial charge in [-0.15, -0.1) is 0 Å². The van der Waals surface area contributed by atoms with Crippen LogP contribution in [-0.4, -0.2) is 58.4 Å². The molecule has 6 nitrogen and oxygen atoms in total. The molecule has 2 saturated heterocycles. The monoisotopic (exact) mass is 336 g/mol. The summed E-state index contributed by atoms with van der Waals surface area (Å²) < 4.78 is 0. The number of carbonyl (C=O) groups excluding carboxylic acids is 4. The van der Waals surface area contributed by atoms with Crippen molar-refractivity contribution in [2.75, 3.05) is 13.1 Å². The normalized spacial score (nSPS) is 23.8. The maximum atomic E-state index is 13.0. The highest BCUT2D eigenvalue weighted by Crippen LogP contribution is 2.27. The highest BCUT2D eigenvalue weighted by molar-refractivity contribution is 5.94. The molecular weight excluding hydrogens is 308 g/mol. The van der Waals surface area contributed by atoms with Crippen LogP contribution in [0.15, 0.2) is 0 Å². The third-order valence-electron chi connectivity index (χ3n) is 4.98. The summed E-state index contributed by atoms with van der Waals surface area (Å²) >= 11 is 0. The van der Waals surface area contributed by atoms with E-state index >= 15 is 0 Å². The number of rotatable bonds is 6. The minimum atomic E-state index is -0.468. The summed E-state index contributed by atoms with van der Waals surface area (Å²) in [5.41, 5.74) is 0. The van der Waals surface area contributed by atoms with Gasteiger partial charge in [0.2, 0.25) is 11.8 Å². The fraction of sp³-hybridized carbons (Fsp3) is 0.778. The summed E-state index contributed by atoms with van der Waals surface area (Å²) in [5, 5.41) is 0. The summed E-state index contributed by atoms with van der Waals surface area (Å²) in [4.78, 5) is 52.0. The van der Waals surface area contributed by atoms with E-state index < -0.39 is 6.04 Å². The Hall–Kier alpha value is -1.72.